The van der Waals surface area contributed by atoms with Crippen LogP contribution in [-0.2, 0) is 16.0 Å². The molecule has 0 saturated carbocycles. The van der Waals surface area contributed by atoms with E-state index < -0.39 is 5.60 Å². The molecular weight excluding hydrogens is 396 g/mol. The second-order valence-corrected chi connectivity index (χ2v) is 10.1. The lowest BCUT2D eigenvalue weighted by Gasteiger charge is -2.24. The van der Waals surface area contributed by atoms with Gasteiger partial charge >= 0.3 is 5.97 Å². The summed E-state index contributed by atoms with van der Waals surface area (Å²) in [6.45, 7) is 14.5. The second-order valence-electron chi connectivity index (χ2n) is 10.1. The summed E-state index contributed by atoms with van der Waals surface area (Å²) in [6.07, 6.45) is 0.302. The van der Waals surface area contributed by atoms with Crippen LogP contribution in [0.4, 0.5) is 0 Å². The van der Waals surface area contributed by atoms with Crippen molar-refractivity contribution in [2.24, 2.45) is 0 Å². The third kappa shape index (κ3) is 5.51. The maximum absolute atomic E-state index is 12.7. The van der Waals surface area contributed by atoms with E-state index in [0.717, 1.165) is 16.7 Å². The predicted octanol–water partition coefficient (Wildman–Crippen LogP) is 7.65. The number of hydrogen-bond acceptors (Lipinski definition) is 3. The van der Waals surface area contributed by atoms with Crippen molar-refractivity contribution in [3.63, 3.8) is 0 Å². The molecule has 0 aliphatic heterocycles. The maximum atomic E-state index is 12.7. The van der Waals surface area contributed by atoms with Crippen molar-refractivity contribution < 1.29 is 14.3 Å². The van der Waals surface area contributed by atoms with Crippen LogP contribution in [0.3, 0.4) is 0 Å². The van der Waals surface area contributed by atoms with Gasteiger partial charge in [-0.3, -0.25) is 4.79 Å². The van der Waals surface area contributed by atoms with E-state index in [1.165, 1.54) is 27.6 Å². The van der Waals surface area contributed by atoms with Crippen molar-refractivity contribution in [1.29, 1.82) is 0 Å². The molecular formula is C29H36O3. The Morgan fingerprint density at radius 2 is 1.38 bits per heavy atom. The highest BCUT2D eigenvalue weighted by Gasteiger charge is 2.22. The van der Waals surface area contributed by atoms with Crippen LogP contribution in [0.5, 0.6) is 5.75 Å². The third-order valence-corrected chi connectivity index (χ3v) is 5.68. The molecule has 3 heteroatoms. The minimum absolute atomic E-state index is 0.172. The fourth-order valence-corrected chi connectivity index (χ4v) is 4.17. The van der Waals surface area contributed by atoms with E-state index in [-0.39, 0.29) is 5.97 Å². The van der Waals surface area contributed by atoms with E-state index in [1.54, 1.807) is 7.11 Å². The molecule has 0 heterocycles. The number of rotatable bonds is 6. The highest BCUT2D eigenvalue weighted by Crippen LogP contribution is 2.35. The second kappa shape index (κ2) is 9.36. The molecule has 0 aliphatic carbocycles. The summed E-state index contributed by atoms with van der Waals surface area (Å²) < 4.78 is 11.0. The first-order chi connectivity index (χ1) is 15.0. The first-order valence-electron chi connectivity index (χ1n) is 11.4. The Bertz CT molecular complexity index is 1090. The Labute approximate surface area is 192 Å². The molecule has 3 rings (SSSR count). The van der Waals surface area contributed by atoms with Gasteiger partial charge in [-0.1, -0.05) is 58.0 Å². The molecule has 0 spiro atoms. The van der Waals surface area contributed by atoms with Gasteiger partial charge in [-0.15, -0.1) is 0 Å². The average Bonchev–Trinajstić information content (AvgIpc) is 2.71. The van der Waals surface area contributed by atoms with Crippen molar-refractivity contribution in [1.82, 2.24) is 0 Å². The molecule has 0 bridgehead atoms. The lowest BCUT2D eigenvalue weighted by atomic mass is 9.84. The van der Waals surface area contributed by atoms with Crippen LogP contribution in [0.15, 0.2) is 48.5 Å². The van der Waals surface area contributed by atoms with Crippen LogP contribution in [0.1, 0.15) is 77.0 Å². The van der Waals surface area contributed by atoms with E-state index in [9.17, 15) is 4.79 Å². The van der Waals surface area contributed by atoms with E-state index in [1.807, 2.05) is 26.8 Å². The Hall–Kier alpha value is -2.81. The maximum Gasteiger partial charge on any atom is 0.310 e. The van der Waals surface area contributed by atoms with Gasteiger partial charge in [-0.25, -0.2) is 0 Å². The molecule has 0 radical (unpaired) electrons. The largest absolute Gasteiger partial charge is 0.497 e. The first kappa shape index (κ1) is 23.8. The van der Waals surface area contributed by atoms with Gasteiger partial charge in [0.2, 0.25) is 0 Å². The molecule has 0 atom stereocenters. The minimum atomic E-state index is -0.485. The number of ether oxygens (including phenoxy) is 2. The lowest BCUT2D eigenvalue weighted by molar-refractivity contribution is -0.153. The Morgan fingerprint density at radius 1 is 0.812 bits per heavy atom. The zero-order valence-electron chi connectivity index (χ0n) is 20.7. The zero-order chi connectivity index (χ0) is 23.6. The molecule has 170 valence electrons. The van der Waals surface area contributed by atoms with Crippen LogP contribution in [0.25, 0.3) is 21.9 Å². The van der Waals surface area contributed by atoms with Crippen LogP contribution < -0.4 is 4.74 Å². The molecule has 32 heavy (non-hydrogen) atoms. The predicted molar refractivity (Wildman–Crippen MR) is 134 cm³/mol. The number of fused-ring (bicyclic) bond motifs is 1. The fraction of sp³-hybridized carbons (Fsp3) is 0.414. The van der Waals surface area contributed by atoms with Crippen LogP contribution in [0, 0.1) is 0 Å². The van der Waals surface area contributed by atoms with Gasteiger partial charge in [0.25, 0.3) is 0 Å². The van der Waals surface area contributed by atoms with E-state index in [2.05, 4.69) is 70.2 Å². The highest BCUT2D eigenvalue weighted by molar-refractivity contribution is 5.88. The molecule has 0 unspecified atom stereocenters. The Balaban J connectivity index is 2.10. The van der Waals surface area contributed by atoms with Crippen molar-refractivity contribution >= 4 is 16.7 Å². The molecule has 0 fully saturated rings. The average molecular weight is 433 g/mol. The highest BCUT2D eigenvalue weighted by atomic mass is 16.6. The van der Waals surface area contributed by atoms with E-state index in [4.69, 9.17) is 9.47 Å². The number of methoxy groups -OCH3 is 1. The molecule has 3 aromatic rings. The van der Waals surface area contributed by atoms with Crippen LogP contribution >= 0.6 is 0 Å². The minimum Gasteiger partial charge on any atom is -0.497 e. The molecule has 3 aromatic carbocycles. The normalized spacial score (nSPS) is 11.9. The van der Waals surface area contributed by atoms with Gasteiger partial charge in [0.1, 0.15) is 11.4 Å². The summed E-state index contributed by atoms with van der Waals surface area (Å²) in [5, 5.41) is 2.33. The topological polar surface area (TPSA) is 35.5 Å². The number of carbonyl (C=O) groups excluding carboxylic acids is 1. The van der Waals surface area contributed by atoms with Gasteiger partial charge < -0.3 is 9.47 Å². The molecule has 0 aliphatic rings. The van der Waals surface area contributed by atoms with Gasteiger partial charge in [-0.2, -0.15) is 0 Å². The van der Waals surface area contributed by atoms with Crippen molar-refractivity contribution in [3.8, 4) is 16.9 Å². The molecule has 0 N–H and O–H groups in total. The number of esters is 1. The summed E-state index contributed by atoms with van der Waals surface area (Å²) in [4.78, 5) is 12.7. The standard InChI is InChI=1S/C29H36O3/c1-18(2)25-15-23(21-9-10-22-14-24(31-8)12-11-20(22)13-21)16-26(19(3)4)27(25)17-28(30)32-29(5,6)7/h9-16,18-19H,17H2,1-8H3. The van der Waals surface area contributed by atoms with Crippen molar-refractivity contribution in [2.75, 3.05) is 7.11 Å². The Morgan fingerprint density at radius 3 is 1.91 bits per heavy atom. The number of carbonyl (C=O) groups is 1. The summed E-state index contributed by atoms with van der Waals surface area (Å²) in [5.74, 6) is 1.29. The monoisotopic (exact) mass is 432 g/mol. The number of hydrogen-bond donors (Lipinski definition) is 0. The van der Waals surface area contributed by atoms with Gasteiger partial charge in [-0.05, 0) is 89.4 Å². The zero-order valence-corrected chi connectivity index (χ0v) is 20.7. The van der Waals surface area contributed by atoms with Gasteiger partial charge in [0, 0.05) is 0 Å². The van der Waals surface area contributed by atoms with Gasteiger partial charge in [0.05, 0.1) is 13.5 Å². The summed E-state index contributed by atoms with van der Waals surface area (Å²) in [5.41, 5.74) is 5.41. The first-order valence-corrected chi connectivity index (χ1v) is 11.4. The van der Waals surface area contributed by atoms with Crippen molar-refractivity contribution in [2.45, 2.75) is 72.3 Å². The van der Waals surface area contributed by atoms with Crippen LogP contribution in [0.2, 0.25) is 0 Å². The molecule has 0 aromatic heterocycles. The van der Waals surface area contributed by atoms with Crippen molar-refractivity contribution in [3.05, 3.63) is 65.2 Å². The smallest absolute Gasteiger partial charge is 0.310 e. The molecule has 0 saturated heterocycles. The summed E-state index contributed by atoms with van der Waals surface area (Å²) >= 11 is 0. The number of benzene rings is 3. The van der Waals surface area contributed by atoms with Gasteiger partial charge in [0.15, 0.2) is 0 Å². The molecule has 0 amide bonds. The SMILES string of the molecule is COc1ccc2cc(-c3cc(C(C)C)c(CC(=O)OC(C)(C)C)c(C(C)C)c3)ccc2c1. The summed E-state index contributed by atoms with van der Waals surface area (Å²) in [7, 11) is 1.69. The third-order valence-electron chi connectivity index (χ3n) is 5.68. The van der Waals surface area contributed by atoms with Crippen LogP contribution in [-0.4, -0.2) is 18.7 Å². The molecule has 3 nitrogen and oxygen atoms in total. The Kier molecular flexibility index (Phi) is 6.97. The van der Waals surface area contributed by atoms with E-state index >= 15 is 0 Å². The quantitative estimate of drug-likeness (QED) is 0.375. The summed E-state index contributed by atoms with van der Waals surface area (Å²) in [6, 6.07) is 17.2. The fourth-order valence-electron chi connectivity index (χ4n) is 4.17. The van der Waals surface area contributed by atoms with E-state index in [0.29, 0.717) is 18.3 Å². The lowest BCUT2D eigenvalue weighted by Crippen LogP contribution is -2.25.